The van der Waals surface area contributed by atoms with Crippen molar-refractivity contribution in [3.63, 3.8) is 0 Å². The van der Waals surface area contributed by atoms with Crippen molar-refractivity contribution in [2.45, 2.75) is 44.6 Å². The number of rotatable bonds is 4. The predicted octanol–water partition coefficient (Wildman–Crippen LogP) is 6.18. The summed E-state index contributed by atoms with van der Waals surface area (Å²) < 4.78 is 7.13. The Hall–Kier alpha value is -1.12. The molecule has 0 spiro atoms. The van der Waals surface area contributed by atoms with Gasteiger partial charge >= 0.3 is 0 Å². The maximum absolute atomic E-state index is 6.01. The van der Waals surface area contributed by atoms with Crippen molar-refractivity contribution in [2.75, 3.05) is 6.61 Å². The van der Waals surface area contributed by atoms with Crippen LogP contribution in [0.25, 0.3) is 11.1 Å². The average molecular weight is 359 g/mol. The largest absolute Gasteiger partial charge is 0.378 e. The fraction of sp³-hybridized carbons (Fsp3) is 0.400. The molecule has 0 aromatic heterocycles. The lowest BCUT2D eigenvalue weighted by Gasteiger charge is -2.29. The Bertz CT molecular complexity index is 580. The first-order valence-electron chi connectivity index (χ1n) is 8.23. The minimum absolute atomic E-state index is 0.489. The molecule has 0 saturated carbocycles. The lowest BCUT2D eigenvalue weighted by atomic mass is 9.89. The fourth-order valence-corrected chi connectivity index (χ4v) is 3.47. The molecule has 116 valence electrons. The van der Waals surface area contributed by atoms with Crippen LogP contribution in [0.2, 0.25) is 0 Å². The van der Waals surface area contributed by atoms with Crippen LogP contribution in [-0.4, -0.2) is 12.7 Å². The Kier molecular flexibility index (Phi) is 5.32. The van der Waals surface area contributed by atoms with E-state index in [-0.39, 0.29) is 0 Å². The topological polar surface area (TPSA) is 9.23 Å². The second kappa shape index (κ2) is 7.43. The van der Waals surface area contributed by atoms with E-state index in [1.54, 1.807) is 0 Å². The van der Waals surface area contributed by atoms with Gasteiger partial charge in [0.05, 0.1) is 12.7 Å². The number of halogens is 1. The maximum atomic E-state index is 6.01. The van der Waals surface area contributed by atoms with Gasteiger partial charge < -0.3 is 4.74 Å². The fourth-order valence-electron chi connectivity index (χ4n) is 3.21. The maximum Gasteiger partial charge on any atom is 0.0575 e. The van der Waals surface area contributed by atoms with E-state index in [0.29, 0.717) is 12.0 Å². The van der Waals surface area contributed by atoms with E-state index in [1.165, 1.54) is 42.4 Å². The van der Waals surface area contributed by atoms with Crippen LogP contribution in [0.5, 0.6) is 0 Å². The van der Waals surface area contributed by atoms with E-state index in [9.17, 15) is 0 Å². The Balaban J connectivity index is 1.66. The molecule has 1 saturated heterocycles. The minimum Gasteiger partial charge on any atom is -0.378 e. The van der Waals surface area contributed by atoms with E-state index in [1.807, 2.05) is 0 Å². The number of benzene rings is 2. The summed E-state index contributed by atoms with van der Waals surface area (Å²) in [5, 5.41) is 0. The molecule has 0 aliphatic carbocycles. The molecule has 0 N–H and O–H groups in total. The first kappa shape index (κ1) is 15.8. The van der Waals surface area contributed by atoms with Crippen LogP contribution >= 0.6 is 15.9 Å². The first-order chi connectivity index (χ1) is 10.8. The smallest absolute Gasteiger partial charge is 0.0575 e. The third kappa shape index (κ3) is 3.80. The van der Waals surface area contributed by atoms with Crippen molar-refractivity contribution < 1.29 is 4.74 Å². The van der Waals surface area contributed by atoms with Gasteiger partial charge in [-0.05, 0) is 48.1 Å². The zero-order chi connectivity index (χ0) is 15.4. The molecule has 1 fully saturated rings. The summed E-state index contributed by atoms with van der Waals surface area (Å²) in [6.07, 6.45) is 5.37. The molecule has 2 aromatic carbocycles. The van der Waals surface area contributed by atoms with Crippen LogP contribution in [0.3, 0.4) is 0 Å². The van der Waals surface area contributed by atoms with Crippen molar-refractivity contribution in [2.24, 2.45) is 0 Å². The third-order valence-electron chi connectivity index (χ3n) is 4.54. The number of ether oxygens (including phenoxy) is 1. The highest BCUT2D eigenvalue weighted by Gasteiger charge is 2.22. The van der Waals surface area contributed by atoms with Gasteiger partial charge in [-0.3, -0.25) is 0 Å². The van der Waals surface area contributed by atoms with Crippen LogP contribution in [0.15, 0.2) is 53.0 Å². The lowest BCUT2D eigenvalue weighted by Crippen LogP contribution is -2.24. The molecule has 2 unspecified atom stereocenters. The van der Waals surface area contributed by atoms with Gasteiger partial charge in [-0.1, -0.05) is 65.7 Å². The SMILES string of the molecule is CCCC1CCC(c2ccc(-c3ccc(Br)cc3)cc2)CO1. The number of hydrogen-bond donors (Lipinski definition) is 0. The Morgan fingerprint density at radius 1 is 0.955 bits per heavy atom. The summed E-state index contributed by atoms with van der Waals surface area (Å²) in [5.74, 6) is 0.562. The molecule has 1 aliphatic heterocycles. The first-order valence-corrected chi connectivity index (χ1v) is 9.03. The lowest BCUT2D eigenvalue weighted by molar-refractivity contribution is -0.00111. The van der Waals surface area contributed by atoms with Crippen LogP contribution in [-0.2, 0) is 4.74 Å². The van der Waals surface area contributed by atoms with Gasteiger partial charge in [0.2, 0.25) is 0 Å². The monoisotopic (exact) mass is 358 g/mol. The molecular weight excluding hydrogens is 336 g/mol. The molecule has 2 atom stereocenters. The third-order valence-corrected chi connectivity index (χ3v) is 5.07. The van der Waals surface area contributed by atoms with Gasteiger partial charge in [0.1, 0.15) is 0 Å². The Labute approximate surface area is 141 Å². The minimum atomic E-state index is 0.489. The molecule has 1 heterocycles. The van der Waals surface area contributed by atoms with Crippen molar-refractivity contribution in [1.29, 1.82) is 0 Å². The van der Waals surface area contributed by atoms with Crippen molar-refractivity contribution in [1.82, 2.24) is 0 Å². The van der Waals surface area contributed by atoms with E-state index in [4.69, 9.17) is 4.74 Å². The Morgan fingerprint density at radius 2 is 1.59 bits per heavy atom. The summed E-state index contributed by atoms with van der Waals surface area (Å²) in [7, 11) is 0. The highest BCUT2D eigenvalue weighted by atomic mass is 79.9. The van der Waals surface area contributed by atoms with Gasteiger partial charge in [-0.15, -0.1) is 0 Å². The normalized spacial score (nSPS) is 21.7. The van der Waals surface area contributed by atoms with Gasteiger partial charge in [0.15, 0.2) is 0 Å². The second-order valence-electron chi connectivity index (χ2n) is 6.15. The summed E-state index contributed by atoms with van der Waals surface area (Å²) in [5.41, 5.74) is 3.95. The zero-order valence-electron chi connectivity index (χ0n) is 13.1. The predicted molar refractivity (Wildman–Crippen MR) is 96.2 cm³/mol. The standard InChI is InChI=1S/C20H23BrO/c1-2-3-20-13-10-18(14-22-20)17-6-4-15(5-7-17)16-8-11-19(21)12-9-16/h4-9,11-12,18,20H,2-3,10,13-14H2,1H3. The Morgan fingerprint density at radius 3 is 2.14 bits per heavy atom. The molecule has 0 radical (unpaired) electrons. The van der Waals surface area contributed by atoms with Gasteiger partial charge in [-0.2, -0.15) is 0 Å². The summed E-state index contributed by atoms with van der Waals surface area (Å²) in [6, 6.07) is 17.5. The van der Waals surface area contributed by atoms with E-state index in [0.717, 1.165) is 11.1 Å². The van der Waals surface area contributed by atoms with Gasteiger partial charge in [0.25, 0.3) is 0 Å². The second-order valence-corrected chi connectivity index (χ2v) is 7.06. The molecule has 3 rings (SSSR count). The highest BCUT2D eigenvalue weighted by molar-refractivity contribution is 9.10. The van der Waals surface area contributed by atoms with E-state index < -0.39 is 0 Å². The molecule has 0 bridgehead atoms. The van der Waals surface area contributed by atoms with Crippen LogP contribution in [0.1, 0.15) is 44.1 Å². The summed E-state index contributed by atoms with van der Waals surface area (Å²) in [4.78, 5) is 0. The molecular formula is C20H23BrO. The van der Waals surface area contributed by atoms with Crippen LogP contribution in [0, 0.1) is 0 Å². The summed E-state index contributed by atoms with van der Waals surface area (Å²) >= 11 is 3.48. The van der Waals surface area contributed by atoms with Crippen LogP contribution < -0.4 is 0 Å². The van der Waals surface area contributed by atoms with Crippen molar-refractivity contribution in [3.8, 4) is 11.1 Å². The van der Waals surface area contributed by atoms with Crippen LogP contribution in [0.4, 0.5) is 0 Å². The number of hydrogen-bond acceptors (Lipinski definition) is 1. The van der Waals surface area contributed by atoms with E-state index >= 15 is 0 Å². The zero-order valence-corrected chi connectivity index (χ0v) is 14.7. The molecule has 2 heteroatoms. The van der Waals surface area contributed by atoms with Crippen molar-refractivity contribution >= 4 is 15.9 Å². The average Bonchev–Trinajstić information content (AvgIpc) is 2.57. The van der Waals surface area contributed by atoms with Gasteiger partial charge in [-0.25, -0.2) is 0 Å². The molecule has 0 amide bonds. The van der Waals surface area contributed by atoms with Gasteiger partial charge in [0, 0.05) is 10.4 Å². The summed E-state index contributed by atoms with van der Waals surface area (Å²) in [6.45, 7) is 3.11. The van der Waals surface area contributed by atoms with E-state index in [2.05, 4.69) is 71.4 Å². The van der Waals surface area contributed by atoms with Crippen molar-refractivity contribution in [3.05, 3.63) is 58.6 Å². The molecule has 1 nitrogen and oxygen atoms in total. The highest BCUT2D eigenvalue weighted by Crippen LogP contribution is 2.31. The molecule has 1 aliphatic rings. The molecule has 22 heavy (non-hydrogen) atoms. The quantitative estimate of drug-likeness (QED) is 0.633. The molecule has 2 aromatic rings.